The van der Waals surface area contributed by atoms with E-state index in [1.54, 1.807) is 18.3 Å². The fourth-order valence-corrected chi connectivity index (χ4v) is 1.64. The first-order chi connectivity index (χ1) is 9.61. The minimum atomic E-state index is -0.768. The number of rotatable bonds is 4. The maximum absolute atomic E-state index is 13.5. The van der Waals surface area contributed by atoms with Gasteiger partial charge in [-0.15, -0.1) is 0 Å². The summed E-state index contributed by atoms with van der Waals surface area (Å²) in [6, 6.07) is 7.08. The lowest BCUT2D eigenvalue weighted by atomic mass is 10.1. The number of aromatic hydroxyl groups is 1. The van der Waals surface area contributed by atoms with Gasteiger partial charge in [0.25, 0.3) is 5.91 Å². The number of nitrogens with one attached hydrogen (secondary N) is 1. The summed E-state index contributed by atoms with van der Waals surface area (Å²) in [5.74, 6) is -1.38. The van der Waals surface area contributed by atoms with E-state index in [0.29, 0.717) is 5.88 Å². The third kappa shape index (κ3) is 3.03. The van der Waals surface area contributed by atoms with E-state index in [0.717, 1.165) is 11.6 Å². The highest BCUT2D eigenvalue weighted by atomic mass is 19.1. The number of phenols is 1. The summed E-state index contributed by atoms with van der Waals surface area (Å²) < 4.78 is 18.4. The van der Waals surface area contributed by atoms with Gasteiger partial charge in [0.05, 0.1) is 7.11 Å². The Morgan fingerprint density at radius 2 is 2.20 bits per heavy atom. The van der Waals surface area contributed by atoms with Crippen molar-refractivity contribution in [2.45, 2.75) is 6.54 Å². The van der Waals surface area contributed by atoms with Crippen molar-refractivity contribution in [3.05, 3.63) is 53.5 Å². The standard InChI is InChI=1S/C14H13FN2O3/c1-20-12-6-5-9(7-16-12)8-17-14(19)13-10(15)3-2-4-11(13)18/h2-7,18H,8H2,1H3,(H,17,19). The predicted molar refractivity (Wildman–Crippen MR) is 70.0 cm³/mol. The number of hydrogen-bond acceptors (Lipinski definition) is 4. The van der Waals surface area contributed by atoms with Gasteiger partial charge < -0.3 is 15.2 Å². The lowest BCUT2D eigenvalue weighted by Crippen LogP contribution is -2.24. The molecule has 1 amide bonds. The summed E-state index contributed by atoms with van der Waals surface area (Å²) in [4.78, 5) is 15.8. The van der Waals surface area contributed by atoms with Gasteiger partial charge in [0.2, 0.25) is 5.88 Å². The molecule has 1 aromatic carbocycles. The van der Waals surface area contributed by atoms with E-state index >= 15 is 0 Å². The molecule has 1 heterocycles. The molecule has 2 N–H and O–H groups in total. The molecule has 0 fully saturated rings. The van der Waals surface area contributed by atoms with Gasteiger partial charge in [-0.3, -0.25) is 4.79 Å². The fourth-order valence-electron chi connectivity index (χ4n) is 1.64. The summed E-state index contributed by atoms with van der Waals surface area (Å²) in [7, 11) is 1.50. The van der Waals surface area contributed by atoms with Gasteiger partial charge in [-0.1, -0.05) is 12.1 Å². The second kappa shape index (κ2) is 6.01. The van der Waals surface area contributed by atoms with Gasteiger partial charge in [0, 0.05) is 18.8 Å². The van der Waals surface area contributed by atoms with Crippen molar-refractivity contribution in [3.63, 3.8) is 0 Å². The van der Waals surface area contributed by atoms with Gasteiger partial charge in [-0.2, -0.15) is 0 Å². The zero-order chi connectivity index (χ0) is 14.5. The van der Waals surface area contributed by atoms with Crippen LogP contribution in [0.3, 0.4) is 0 Å². The Morgan fingerprint density at radius 1 is 1.40 bits per heavy atom. The first-order valence-electron chi connectivity index (χ1n) is 5.86. The smallest absolute Gasteiger partial charge is 0.258 e. The third-order valence-corrected chi connectivity index (χ3v) is 2.68. The van der Waals surface area contributed by atoms with Crippen molar-refractivity contribution in [3.8, 4) is 11.6 Å². The Kier molecular flexibility index (Phi) is 4.14. The summed E-state index contributed by atoms with van der Waals surface area (Å²) >= 11 is 0. The van der Waals surface area contributed by atoms with Crippen LogP contribution < -0.4 is 10.1 Å². The molecular weight excluding hydrogens is 263 g/mol. The Hall–Kier alpha value is -2.63. The lowest BCUT2D eigenvalue weighted by Gasteiger charge is -2.08. The van der Waals surface area contributed by atoms with Crippen molar-refractivity contribution in [2.24, 2.45) is 0 Å². The zero-order valence-corrected chi connectivity index (χ0v) is 10.8. The molecule has 0 aliphatic carbocycles. The van der Waals surface area contributed by atoms with Crippen LogP contribution in [0.15, 0.2) is 36.5 Å². The molecule has 0 aliphatic heterocycles. The normalized spacial score (nSPS) is 10.1. The molecular formula is C14H13FN2O3. The molecule has 104 valence electrons. The number of aromatic nitrogens is 1. The van der Waals surface area contributed by atoms with E-state index in [2.05, 4.69) is 10.3 Å². The number of benzene rings is 1. The van der Waals surface area contributed by atoms with E-state index in [1.807, 2.05) is 0 Å². The summed E-state index contributed by atoms with van der Waals surface area (Å²) in [5.41, 5.74) is 0.365. The number of carbonyl (C=O) groups is 1. The maximum Gasteiger partial charge on any atom is 0.258 e. The molecule has 2 rings (SSSR count). The van der Waals surface area contributed by atoms with E-state index in [4.69, 9.17) is 4.74 Å². The molecule has 0 radical (unpaired) electrons. The second-order valence-corrected chi connectivity index (χ2v) is 4.03. The number of hydrogen-bond donors (Lipinski definition) is 2. The Labute approximate surface area is 115 Å². The number of amides is 1. The molecule has 0 unspecified atom stereocenters. The molecule has 20 heavy (non-hydrogen) atoms. The number of carbonyl (C=O) groups excluding carboxylic acids is 1. The molecule has 6 heteroatoms. The average molecular weight is 276 g/mol. The van der Waals surface area contributed by atoms with Gasteiger partial charge in [0.15, 0.2) is 0 Å². The number of halogens is 1. The minimum absolute atomic E-state index is 0.170. The highest BCUT2D eigenvalue weighted by Gasteiger charge is 2.15. The first kappa shape index (κ1) is 13.8. The number of phenolic OH excluding ortho intramolecular Hbond substituents is 1. The quantitative estimate of drug-likeness (QED) is 0.894. The summed E-state index contributed by atoms with van der Waals surface area (Å²) in [6.07, 6.45) is 1.54. The van der Waals surface area contributed by atoms with E-state index in [-0.39, 0.29) is 12.1 Å². The molecule has 0 saturated carbocycles. The van der Waals surface area contributed by atoms with Crippen LogP contribution in [0.1, 0.15) is 15.9 Å². The van der Waals surface area contributed by atoms with E-state index < -0.39 is 17.5 Å². The molecule has 0 saturated heterocycles. The molecule has 1 aromatic heterocycles. The zero-order valence-electron chi connectivity index (χ0n) is 10.8. The van der Waals surface area contributed by atoms with Crippen LogP contribution in [0, 0.1) is 5.82 Å². The van der Waals surface area contributed by atoms with Crippen molar-refractivity contribution in [1.29, 1.82) is 0 Å². The predicted octanol–water partition coefficient (Wildman–Crippen LogP) is 1.86. The van der Waals surface area contributed by atoms with Crippen molar-refractivity contribution >= 4 is 5.91 Å². The molecule has 0 aliphatic rings. The Bertz CT molecular complexity index is 594. The second-order valence-electron chi connectivity index (χ2n) is 4.03. The van der Waals surface area contributed by atoms with Crippen LogP contribution in [0.4, 0.5) is 4.39 Å². The van der Waals surface area contributed by atoms with Crippen molar-refractivity contribution < 1.29 is 19.0 Å². The van der Waals surface area contributed by atoms with Gasteiger partial charge in [0.1, 0.15) is 17.1 Å². The molecule has 0 atom stereocenters. The van der Waals surface area contributed by atoms with Crippen LogP contribution >= 0.6 is 0 Å². The van der Waals surface area contributed by atoms with E-state index in [9.17, 15) is 14.3 Å². The third-order valence-electron chi connectivity index (χ3n) is 2.68. The highest BCUT2D eigenvalue weighted by molar-refractivity contribution is 5.97. The van der Waals surface area contributed by atoms with Crippen LogP contribution in [-0.4, -0.2) is 23.1 Å². The molecule has 5 nitrogen and oxygen atoms in total. The monoisotopic (exact) mass is 276 g/mol. The molecule has 2 aromatic rings. The van der Waals surface area contributed by atoms with Crippen molar-refractivity contribution in [2.75, 3.05) is 7.11 Å². The summed E-state index contributed by atoms with van der Waals surface area (Å²) in [6.45, 7) is 0.170. The number of pyridine rings is 1. The average Bonchev–Trinajstić information content (AvgIpc) is 2.45. The molecule has 0 bridgehead atoms. The highest BCUT2D eigenvalue weighted by Crippen LogP contribution is 2.19. The molecule has 0 spiro atoms. The topological polar surface area (TPSA) is 71.5 Å². The number of methoxy groups -OCH3 is 1. The van der Waals surface area contributed by atoms with Crippen LogP contribution in [0.25, 0.3) is 0 Å². The van der Waals surface area contributed by atoms with Gasteiger partial charge in [-0.25, -0.2) is 9.37 Å². The van der Waals surface area contributed by atoms with Gasteiger partial charge in [-0.05, 0) is 17.7 Å². The fraction of sp³-hybridized carbons (Fsp3) is 0.143. The van der Waals surface area contributed by atoms with E-state index in [1.165, 1.54) is 19.2 Å². The van der Waals surface area contributed by atoms with Crippen molar-refractivity contribution in [1.82, 2.24) is 10.3 Å². The first-order valence-corrected chi connectivity index (χ1v) is 5.86. The number of nitrogens with zero attached hydrogens (tertiary/aromatic N) is 1. The largest absolute Gasteiger partial charge is 0.507 e. The maximum atomic E-state index is 13.5. The summed E-state index contributed by atoms with van der Waals surface area (Å²) in [5, 5.41) is 12.0. The minimum Gasteiger partial charge on any atom is -0.507 e. The number of ether oxygens (including phenoxy) is 1. The Morgan fingerprint density at radius 3 is 2.80 bits per heavy atom. The SMILES string of the molecule is COc1ccc(CNC(=O)c2c(O)cccc2F)cn1. The van der Waals surface area contributed by atoms with Crippen LogP contribution in [0.2, 0.25) is 0 Å². The Balaban J connectivity index is 2.05. The van der Waals surface area contributed by atoms with Gasteiger partial charge >= 0.3 is 0 Å². The van der Waals surface area contributed by atoms with Crippen LogP contribution in [0.5, 0.6) is 11.6 Å². The lowest BCUT2D eigenvalue weighted by molar-refractivity contribution is 0.0944. The van der Waals surface area contributed by atoms with Crippen LogP contribution in [-0.2, 0) is 6.54 Å².